The Balaban J connectivity index is 1.56. The van der Waals surface area contributed by atoms with Gasteiger partial charge >= 0.3 is 0 Å². The smallest absolute Gasteiger partial charge is 0.243 e. The number of hydrogen-bond acceptors (Lipinski definition) is 8. The number of anilines is 1. The molecule has 7 nitrogen and oxygen atoms in total. The highest BCUT2D eigenvalue weighted by atomic mass is 32.2. The molecule has 0 saturated carbocycles. The summed E-state index contributed by atoms with van der Waals surface area (Å²) in [5.74, 6) is -0.353. The molecule has 158 valence electrons. The fourth-order valence-corrected chi connectivity index (χ4v) is 6.83. The van der Waals surface area contributed by atoms with E-state index in [9.17, 15) is 13.2 Å². The van der Waals surface area contributed by atoms with Crippen molar-refractivity contribution in [3.8, 4) is 0 Å². The molecule has 2 heterocycles. The summed E-state index contributed by atoms with van der Waals surface area (Å²) >= 11 is 4.53. The number of aromatic nitrogens is 2. The number of nitrogens with zero attached hydrogens (tertiary/aromatic N) is 3. The largest absolute Gasteiger partial charge is 0.300 e. The first-order valence-corrected chi connectivity index (χ1v) is 13.6. The normalized spacial score (nSPS) is 16.3. The molecule has 0 spiro atoms. The molecule has 1 amide bonds. The summed E-state index contributed by atoms with van der Waals surface area (Å²) in [4.78, 5) is 13.9. The van der Waals surface area contributed by atoms with Crippen LogP contribution in [-0.2, 0) is 14.8 Å². The highest BCUT2D eigenvalue weighted by Gasteiger charge is 2.32. The molecule has 1 aliphatic heterocycles. The fourth-order valence-electron chi connectivity index (χ4n) is 2.97. The van der Waals surface area contributed by atoms with Crippen LogP contribution in [-0.4, -0.2) is 53.4 Å². The number of benzene rings is 1. The molecule has 2 aromatic rings. The number of carbonyl (C=O) groups excluding carboxylic acids is 1. The van der Waals surface area contributed by atoms with E-state index >= 15 is 0 Å². The van der Waals surface area contributed by atoms with E-state index in [-0.39, 0.29) is 11.8 Å². The summed E-state index contributed by atoms with van der Waals surface area (Å²) < 4.78 is 28.0. The number of hydrogen-bond donors (Lipinski definition) is 1. The van der Waals surface area contributed by atoms with E-state index in [0.717, 1.165) is 9.24 Å². The molecule has 0 radical (unpaired) electrons. The van der Waals surface area contributed by atoms with Crippen LogP contribution in [0.2, 0.25) is 0 Å². The van der Waals surface area contributed by atoms with Gasteiger partial charge in [-0.1, -0.05) is 36.9 Å². The maximum absolute atomic E-state index is 12.8. The third kappa shape index (κ3) is 5.72. The predicted octanol–water partition coefficient (Wildman–Crippen LogP) is 3.80. The van der Waals surface area contributed by atoms with Crippen molar-refractivity contribution >= 4 is 55.9 Å². The van der Waals surface area contributed by atoms with Gasteiger partial charge < -0.3 is 5.32 Å². The van der Waals surface area contributed by atoms with Gasteiger partial charge in [0.2, 0.25) is 21.1 Å². The van der Waals surface area contributed by atoms with Crippen molar-refractivity contribution in [2.75, 3.05) is 24.7 Å². The molecule has 29 heavy (non-hydrogen) atoms. The highest BCUT2D eigenvalue weighted by molar-refractivity contribution is 8.01. The van der Waals surface area contributed by atoms with Crippen molar-refractivity contribution < 1.29 is 13.2 Å². The number of amides is 1. The van der Waals surface area contributed by atoms with Gasteiger partial charge in [0.25, 0.3) is 0 Å². The average molecular weight is 473 g/mol. The van der Waals surface area contributed by atoms with Crippen molar-refractivity contribution in [2.24, 2.45) is 5.92 Å². The van der Waals surface area contributed by atoms with Crippen LogP contribution in [0.1, 0.15) is 26.7 Å². The van der Waals surface area contributed by atoms with Crippen LogP contribution in [0.4, 0.5) is 5.13 Å². The van der Waals surface area contributed by atoms with E-state index in [1.807, 2.05) is 18.4 Å². The predicted molar refractivity (Wildman–Crippen MR) is 119 cm³/mol. The van der Waals surface area contributed by atoms with Gasteiger partial charge in [0.15, 0.2) is 4.34 Å². The van der Waals surface area contributed by atoms with Crippen LogP contribution in [0.5, 0.6) is 0 Å². The van der Waals surface area contributed by atoms with Crippen LogP contribution >= 0.6 is 34.9 Å². The van der Waals surface area contributed by atoms with E-state index in [1.54, 1.807) is 35.7 Å². The number of nitrogens with one attached hydrogen (secondary N) is 1. The minimum Gasteiger partial charge on any atom is -0.300 e. The molecular weight excluding hydrogens is 448 g/mol. The van der Waals surface area contributed by atoms with Gasteiger partial charge in [-0.2, -0.15) is 4.31 Å². The van der Waals surface area contributed by atoms with E-state index < -0.39 is 10.0 Å². The Kier molecular flexibility index (Phi) is 7.60. The Morgan fingerprint density at radius 3 is 2.45 bits per heavy atom. The van der Waals surface area contributed by atoms with Crippen molar-refractivity contribution in [3.05, 3.63) is 24.3 Å². The van der Waals surface area contributed by atoms with Crippen molar-refractivity contribution in [3.63, 3.8) is 0 Å². The van der Waals surface area contributed by atoms with Crippen LogP contribution in [0.3, 0.4) is 0 Å². The van der Waals surface area contributed by atoms with E-state index in [2.05, 4.69) is 29.4 Å². The molecule has 0 aliphatic carbocycles. The first-order valence-electron chi connectivity index (χ1n) is 9.25. The molecule has 1 saturated heterocycles. The Bertz CT molecular complexity index is 936. The first kappa shape index (κ1) is 22.5. The molecule has 1 N–H and O–H groups in total. The van der Waals surface area contributed by atoms with Crippen LogP contribution in [0.15, 0.2) is 38.4 Å². The topological polar surface area (TPSA) is 92.3 Å². The third-order valence-electron chi connectivity index (χ3n) is 4.50. The lowest BCUT2D eigenvalue weighted by Crippen LogP contribution is -2.41. The second-order valence-corrected chi connectivity index (χ2v) is 12.5. The zero-order valence-electron chi connectivity index (χ0n) is 16.5. The molecule has 0 bridgehead atoms. The summed E-state index contributed by atoms with van der Waals surface area (Å²) in [6.45, 7) is 4.80. The summed E-state index contributed by atoms with van der Waals surface area (Å²) in [6, 6.07) is 6.90. The minimum absolute atomic E-state index is 0.122. The van der Waals surface area contributed by atoms with Crippen LogP contribution in [0, 0.1) is 5.92 Å². The van der Waals surface area contributed by atoms with Crippen molar-refractivity contribution in [2.45, 2.75) is 46.1 Å². The Labute approximate surface area is 184 Å². The van der Waals surface area contributed by atoms with Gasteiger partial charge in [-0.15, -0.1) is 22.0 Å². The Morgan fingerprint density at radius 1 is 1.21 bits per heavy atom. The van der Waals surface area contributed by atoms with Gasteiger partial charge in [-0.3, -0.25) is 4.79 Å². The van der Waals surface area contributed by atoms with Gasteiger partial charge in [-0.25, -0.2) is 8.42 Å². The molecule has 0 atom stereocenters. The second kappa shape index (κ2) is 9.78. The Morgan fingerprint density at radius 2 is 1.86 bits per heavy atom. The van der Waals surface area contributed by atoms with Gasteiger partial charge in [0.05, 0.1) is 4.90 Å². The lowest BCUT2D eigenvalue weighted by Gasteiger charge is -2.30. The highest BCUT2D eigenvalue weighted by Crippen LogP contribution is 2.30. The molecule has 1 aromatic heterocycles. The monoisotopic (exact) mass is 472 g/mol. The Hall–Kier alpha value is -1.14. The number of thioether (sulfide) groups is 2. The standard InChI is InChI=1S/C18H24N4O3S4/c1-12(2)27-18-21-20-17(28-18)19-16(23)13-8-10-22(11-9-13)29(24,25)15-6-4-14(26-3)5-7-15/h4-7,12-13H,8-11H2,1-3H3,(H,19,20,23). The lowest BCUT2D eigenvalue weighted by atomic mass is 9.97. The van der Waals surface area contributed by atoms with E-state index in [4.69, 9.17) is 0 Å². The number of sulfonamides is 1. The summed E-state index contributed by atoms with van der Waals surface area (Å²) in [7, 11) is -3.53. The molecule has 11 heteroatoms. The summed E-state index contributed by atoms with van der Waals surface area (Å²) in [5.41, 5.74) is 0. The van der Waals surface area contributed by atoms with Gasteiger partial charge in [-0.05, 0) is 43.4 Å². The second-order valence-electron chi connectivity index (χ2n) is 6.88. The zero-order chi connectivity index (χ0) is 21.0. The maximum Gasteiger partial charge on any atom is 0.243 e. The molecule has 1 fully saturated rings. The van der Waals surface area contributed by atoms with Gasteiger partial charge in [0, 0.05) is 29.2 Å². The number of carbonyl (C=O) groups is 1. The molecule has 1 aliphatic rings. The first-order chi connectivity index (χ1) is 13.8. The SMILES string of the molecule is CSc1ccc(S(=O)(=O)N2CCC(C(=O)Nc3nnc(SC(C)C)s3)CC2)cc1. The molecular formula is C18H24N4O3S4. The van der Waals surface area contributed by atoms with Crippen molar-refractivity contribution in [1.29, 1.82) is 0 Å². The molecule has 1 aromatic carbocycles. The third-order valence-corrected chi connectivity index (χ3v) is 9.08. The van der Waals surface area contributed by atoms with Gasteiger partial charge in [0.1, 0.15) is 0 Å². The zero-order valence-corrected chi connectivity index (χ0v) is 19.8. The number of piperidine rings is 1. The fraction of sp³-hybridized carbons (Fsp3) is 0.500. The van der Waals surface area contributed by atoms with E-state index in [1.165, 1.54) is 15.6 Å². The molecule has 0 unspecified atom stereocenters. The quantitative estimate of drug-likeness (QED) is 0.484. The number of rotatable bonds is 7. The summed E-state index contributed by atoms with van der Waals surface area (Å²) in [6.07, 6.45) is 2.92. The van der Waals surface area contributed by atoms with E-state index in [0.29, 0.717) is 41.2 Å². The molecule has 3 rings (SSSR count). The van der Waals surface area contributed by atoms with Crippen molar-refractivity contribution in [1.82, 2.24) is 14.5 Å². The van der Waals surface area contributed by atoms with Crippen LogP contribution in [0.25, 0.3) is 0 Å². The lowest BCUT2D eigenvalue weighted by molar-refractivity contribution is -0.120. The minimum atomic E-state index is -3.53. The maximum atomic E-state index is 12.8. The summed E-state index contributed by atoms with van der Waals surface area (Å²) in [5, 5.41) is 11.8. The van der Waals surface area contributed by atoms with Crippen LogP contribution < -0.4 is 5.32 Å². The average Bonchev–Trinajstić information content (AvgIpc) is 3.14.